The number of hydrogen-bond donors (Lipinski definition) is 0. The van der Waals surface area contributed by atoms with Crippen LogP contribution in [0.15, 0.2) is 54.6 Å². The molecule has 1 fully saturated rings. The second kappa shape index (κ2) is 9.16. The number of aromatic nitrogens is 1. The van der Waals surface area contributed by atoms with Crippen LogP contribution in [0.2, 0.25) is 0 Å². The van der Waals surface area contributed by atoms with Gasteiger partial charge in [-0.05, 0) is 37.1 Å². The largest absolute Gasteiger partial charge is 0.452 e. The summed E-state index contributed by atoms with van der Waals surface area (Å²) in [4.78, 5) is 34.3. The topological polar surface area (TPSA) is 62.7 Å². The quantitative estimate of drug-likeness (QED) is 0.594. The molecular weight excluding hydrogens is 390 g/mol. The average Bonchev–Trinajstić information content (AvgIpc) is 2.82. The Kier molecular flexibility index (Phi) is 6.16. The standard InChI is InChI=1S/C25H27N3O3/c1-3-21-18(2)24(20-11-7-8-12-22(20)26-21)25(30)31-17-23(29)28-15-13-27(14-16-28)19-9-5-4-6-10-19/h4-12H,3,13-17H2,1-2H3. The minimum Gasteiger partial charge on any atom is -0.452 e. The van der Waals surface area contributed by atoms with Crippen molar-refractivity contribution in [1.29, 1.82) is 0 Å². The lowest BCUT2D eigenvalue weighted by Crippen LogP contribution is -2.49. The van der Waals surface area contributed by atoms with Crippen LogP contribution in [0.5, 0.6) is 0 Å². The van der Waals surface area contributed by atoms with Gasteiger partial charge in [0.1, 0.15) is 0 Å². The first-order valence-electron chi connectivity index (χ1n) is 10.7. The van der Waals surface area contributed by atoms with Gasteiger partial charge in [-0.25, -0.2) is 4.79 Å². The number of carbonyl (C=O) groups is 2. The summed E-state index contributed by atoms with van der Waals surface area (Å²) in [6.45, 7) is 6.40. The van der Waals surface area contributed by atoms with Gasteiger partial charge in [0.2, 0.25) is 0 Å². The lowest BCUT2D eigenvalue weighted by molar-refractivity contribution is -0.134. The van der Waals surface area contributed by atoms with Crippen molar-refractivity contribution < 1.29 is 14.3 Å². The highest BCUT2D eigenvalue weighted by Gasteiger charge is 2.24. The Morgan fingerprint density at radius 3 is 2.35 bits per heavy atom. The van der Waals surface area contributed by atoms with Crippen molar-refractivity contribution >= 4 is 28.5 Å². The van der Waals surface area contributed by atoms with Crippen LogP contribution < -0.4 is 4.90 Å². The number of pyridine rings is 1. The number of hydrogen-bond acceptors (Lipinski definition) is 5. The van der Waals surface area contributed by atoms with Gasteiger partial charge in [0.25, 0.3) is 5.91 Å². The molecule has 6 nitrogen and oxygen atoms in total. The molecule has 1 aliphatic heterocycles. The van der Waals surface area contributed by atoms with E-state index in [9.17, 15) is 9.59 Å². The summed E-state index contributed by atoms with van der Waals surface area (Å²) in [5.41, 5.74) is 4.11. The molecular formula is C25H27N3O3. The van der Waals surface area contributed by atoms with Crippen LogP contribution in [0.1, 0.15) is 28.5 Å². The fourth-order valence-corrected chi connectivity index (χ4v) is 4.11. The number of benzene rings is 2. The Morgan fingerprint density at radius 2 is 1.65 bits per heavy atom. The second-order valence-corrected chi connectivity index (χ2v) is 7.71. The molecule has 0 spiro atoms. The van der Waals surface area contributed by atoms with E-state index in [4.69, 9.17) is 4.74 Å². The van der Waals surface area contributed by atoms with Crippen LogP contribution in [-0.2, 0) is 16.0 Å². The number of anilines is 1. The van der Waals surface area contributed by atoms with Gasteiger partial charge in [-0.1, -0.05) is 43.3 Å². The van der Waals surface area contributed by atoms with Crippen molar-refractivity contribution in [3.05, 3.63) is 71.4 Å². The lowest BCUT2D eigenvalue weighted by Gasteiger charge is -2.36. The Hall–Kier alpha value is -3.41. The molecule has 4 rings (SSSR count). The highest BCUT2D eigenvalue weighted by Crippen LogP contribution is 2.24. The van der Waals surface area contributed by atoms with Gasteiger partial charge in [0, 0.05) is 42.9 Å². The predicted octanol–water partition coefficient (Wildman–Crippen LogP) is 3.61. The third-order valence-electron chi connectivity index (χ3n) is 5.86. The number of aryl methyl sites for hydroxylation is 1. The first kappa shape index (κ1) is 20.8. The van der Waals surface area contributed by atoms with Crippen molar-refractivity contribution in [3.8, 4) is 0 Å². The Balaban J connectivity index is 1.40. The van der Waals surface area contributed by atoms with Crippen LogP contribution in [0.3, 0.4) is 0 Å². The molecule has 0 N–H and O–H groups in total. The van der Waals surface area contributed by atoms with E-state index in [0.717, 1.165) is 47.4 Å². The smallest absolute Gasteiger partial charge is 0.339 e. The van der Waals surface area contributed by atoms with E-state index in [0.29, 0.717) is 18.7 Å². The summed E-state index contributed by atoms with van der Waals surface area (Å²) in [5.74, 6) is -0.630. The summed E-state index contributed by atoms with van der Waals surface area (Å²) in [7, 11) is 0. The van der Waals surface area contributed by atoms with Crippen LogP contribution in [-0.4, -0.2) is 54.5 Å². The molecule has 0 bridgehead atoms. The molecule has 6 heteroatoms. The van der Waals surface area contributed by atoms with Crippen molar-refractivity contribution in [2.24, 2.45) is 0 Å². The van der Waals surface area contributed by atoms with Gasteiger partial charge < -0.3 is 14.5 Å². The third kappa shape index (κ3) is 4.38. The van der Waals surface area contributed by atoms with Crippen molar-refractivity contribution in [2.75, 3.05) is 37.7 Å². The zero-order chi connectivity index (χ0) is 21.8. The average molecular weight is 418 g/mol. The molecule has 31 heavy (non-hydrogen) atoms. The first-order valence-corrected chi connectivity index (χ1v) is 10.7. The number of amides is 1. The summed E-state index contributed by atoms with van der Waals surface area (Å²) < 4.78 is 5.47. The molecule has 2 aromatic carbocycles. The summed E-state index contributed by atoms with van der Waals surface area (Å²) in [6, 6.07) is 17.7. The lowest BCUT2D eigenvalue weighted by atomic mass is 10.0. The molecule has 0 aliphatic carbocycles. The number of carbonyl (C=O) groups excluding carboxylic acids is 2. The van der Waals surface area contributed by atoms with E-state index in [1.807, 2.05) is 56.3 Å². The van der Waals surface area contributed by atoms with E-state index in [-0.39, 0.29) is 12.5 Å². The molecule has 160 valence electrons. The zero-order valence-corrected chi connectivity index (χ0v) is 18.0. The van der Waals surface area contributed by atoms with Gasteiger partial charge >= 0.3 is 5.97 Å². The van der Waals surface area contributed by atoms with Crippen molar-refractivity contribution in [2.45, 2.75) is 20.3 Å². The fraction of sp³-hybridized carbons (Fsp3) is 0.320. The summed E-state index contributed by atoms with van der Waals surface area (Å²) in [5, 5.41) is 0.756. The number of piperazine rings is 1. The summed E-state index contributed by atoms with van der Waals surface area (Å²) in [6.07, 6.45) is 0.724. The molecule has 0 atom stereocenters. The van der Waals surface area contributed by atoms with E-state index in [2.05, 4.69) is 22.0 Å². The number of ether oxygens (including phenoxy) is 1. The Labute approximate surface area is 182 Å². The van der Waals surface area contributed by atoms with Crippen LogP contribution in [0.25, 0.3) is 10.9 Å². The maximum Gasteiger partial charge on any atom is 0.339 e. The monoisotopic (exact) mass is 417 g/mol. The van der Waals surface area contributed by atoms with Gasteiger partial charge in [-0.2, -0.15) is 0 Å². The fourth-order valence-electron chi connectivity index (χ4n) is 4.11. The van der Waals surface area contributed by atoms with Gasteiger partial charge in [0.15, 0.2) is 6.61 Å². The van der Waals surface area contributed by atoms with E-state index >= 15 is 0 Å². The molecule has 0 saturated carbocycles. The number of fused-ring (bicyclic) bond motifs is 1. The maximum atomic E-state index is 12.9. The number of para-hydroxylation sites is 2. The number of nitrogens with zero attached hydrogens (tertiary/aromatic N) is 3. The van der Waals surface area contributed by atoms with E-state index < -0.39 is 5.97 Å². The van der Waals surface area contributed by atoms with Crippen molar-refractivity contribution in [3.63, 3.8) is 0 Å². The highest BCUT2D eigenvalue weighted by atomic mass is 16.5. The SMILES string of the molecule is CCc1nc2ccccc2c(C(=O)OCC(=O)N2CCN(c3ccccc3)CC2)c1C. The molecule has 0 unspecified atom stereocenters. The second-order valence-electron chi connectivity index (χ2n) is 7.71. The van der Waals surface area contributed by atoms with Crippen molar-refractivity contribution in [1.82, 2.24) is 9.88 Å². The maximum absolute atomic E-state index is 12.9. The molecule has 2 heterocycles. The van der Waals surface area contributed by atoms with Crippen LogP contribution >= 0.6 is 0 Å². The normalized spacial score (nSPS) is 14.0. The highest BCUT2D eigenvalue weighted by molar-refractivity contribution is 6.05. The molecule has 0 radical (unpaired) electrons. The minimum atomic E-state index is -0.470. The van der Waals surface area contributed by atoms with Gasteiger partial charge in [0.05, 0.1) is 11.1 Å². The molecule has 1 amide bonds. The molecule has 1 aromatic heterocycles. The zero-order valence-electron chi connectivity index (χ0n) is 18.0. The Bertz CT molecular complexity index is 1090. The third-order valence-corrected chi connectivity index (χ3v) is 5.86. The van der Waals surface area contributed by atoms with Gasteiger partial charge in [-0.15, -0.1) is 0 Å². The molecule has 1 aliphatic rings. The van der Waals surface area contributed by atoms with E-state index in [1.54, 1.807) is 4.90 Å². The van der Waals surface area contributed by atoms with Gasteiger partial charge in [-0.3, -0.25) is 9.78 Å². The first-order chi connectivity index (χ1) is 15.1. The minimum absolute atomic E-state index is 0.159. The van der Waals surface area contributed by atoms with E-state index in [1.165, 1.54) is 0 Å². The molecule has 1 saturated heterocycles. The molecule has 3 aromatic rings. The predicted molar refractivity (Wildman–Crippen MR) is 121 cm³/mol. The Morgan fingerprint density at radius 1 is 0.968 bits per heavy atom. The van der Waals surface area contributed by atoms with Crippen LogP contribution in [0.4, 0.5) is 5.69 Å². The number of rotatable bonds is 5. The van der Waals surface area contributed by atoms with Crippen LogP contribution in [0, 0.1) is 6.92 Å². The number of esters is 1. The summed E-state index contributed by atoms with van der Waals surface area (Å²) >= 11 is 0.